The van der Waals surface area contributed by atoms with Crippen molar-refractivity contribution in [3.8, 4) is 5.75 Å². The lowest BCUT2D eigenvalue weighted by atomic mass is 10.2. The van der Waals surface area contributed by atoms with Crippen molar-refractivity contribution in [1.29, 1.82) is 0 Å². The van der Waals surface area contributed by atoms with Crippen LogP contribution in [0.1, 0.15) is 13.8 Å². The first-order valence-electron chi connectivity index (χ1n) is 8.09. The zero-order valence-corrected chi connectivity index (χ0v) is 16.0. The Labute approximate surface area is 157 Å². The van der Waals surface area contributed by atoms with E-state index in [0.29, 0.717) is 5.69 Å². The molecular formula is C18H20N2O6S. The van der Waals surface area contributed by atoms with Gasteiger partial charge in [-0.3, -0.25) is 14.9 Å². The third-order valence-corrected chi connectivity index (χ3v) is 4.87. The van der Waals surface area contributed by atoms with Gasteiger partial charge in [0.1, 0.15) is 0 Å². The maximum atomic E-state index is 12.6. The van der Waals surface area contributed by atoms with E-state index in [1.54, 1.807) is 32.0 Å². The van der Waals surface area contributed by atoms with Crippen molar-refractivity contribution in [2.75, 3.05) is 17.8 Å². The molecule has 0 bridgehead atoms. The van der Waals surface area contributed by atoms with Crippen LogP contribution in [0.4, 0.5) is 11.4 Å². The SMILES string of the molecule is CC(C)N(C(=O)COc1ccccc1[N+](=O)[O-])c1ccc(S(C)(=O)=O)cc1. The molecule has 0 aliphatic heterocycles. The highest BCUT2D eigenvalue weighted by molar-refractivity contribution is 7.90. The molecular weight excluding hydrogens is 372 g/mol. The van der Waals surface area contributed by atoms with Crippen molar-refractivity contribution < 1.29 is 22.9 Å². The van der Waals surface area contributed by atoms with Gasteiger partial charge in [0.25, 0.3) is 5.91 Å². The Morgan fingerprint density at radius 1 is 1.15 bits per heavy atom. The number of hydrogen-bond acceptors (Lipinski definition) is 6. The Kier molecular flexibility index (Phi) is 6.17. The largest absolute Gasteiger partial charge is 0.477 e. The number of para-hydroxylation sites is 2. The summed E-state index contributed by atoms with van der Waals surface area (Å²) in [6, 6.07) is 11.5. The molecule has 0 heterocycles. The summed E-state index contributed by atoms with van der Waals surface area (Å²) in [6.45, 7) is 3.21. The lowest BCUT2D eigenvalue weighted by Crippen LogP contribution is -2.40. The molecule has 9 heteroatoms. The van der Waals surface area contributed by atoms with E-state index in [4.69, 9.17) is 4.74 Å². The summed E-state index contributed by atoms with van der Waals surface area (Å²) in [5.41, 5.74) is 0.285. The van der Waals surface area contributed by atoms with Crippen LogP contribution in [0.25, 0.3) is 0 Å². The summed E-state index contributed by atoms with van der Waals surface area (Å²) in [4.78, 5) is 24.7. The molecule has 8 nitrogen and oxygen atoms in total. The van der Waals surface area contributed by atoms with Gasteiger partial charge < -0.3 is 9.64 Å². The van der Waals surface area contributed by atoms with Crippen LogP contribution in [0.3, 0.4) is 0 Å². The van der Waals surface area contributed by atoms with E-state index in [1.807, 2.05) is 0 Å². The molecule has 0 spiro atoms. The fourth-order valence-electron chi connectivity index (χ4n) is 2.52. The molecule has 0 aliphatic carbocycles. The van der Waals surface area contributed by atoms with E-state index in [9.17, 15) is 23.3 Å². The summed E-state index contributed by atoms with van der Waals surface area (Å²) in [6.07, 6.45) is 1.11. The van der Waals surface area contributed by atoms with Gasteiger partial charge in [-0.15, -0.1) is 0 Å². The molecule has 0 fully saturated rings. The molecule has 0 aromatic heterocycles. The standard InChI is InChI=1S/C18H20N2O6S/c1-13(2)19(14-8-10-15(11-9-14)27(3,24)25)18(21)12-26-17-7-5-4-6-16(17)20(22)23/h4-11,13H,12H2,1-3H3. The number of anilines is 1. The number of nitro benzene ring substituents is 1. The molecule has 2 aromatic rings. The summed E-state index contributed by atoms with van der Waals surface area (Å²) < 4.78 is 28.5. The van der Waals surface area contributed by atoms with E-state index in [2.05, 4.69) is 0 Å². The topological polar surface area (TPSA) is 107 Å². The molecule has 0 N–H and O–H groups in total. The van der Waals surface area contributed by atoms with E-state index in [-0.39, 0.29) is 22.4 Å². The third-order valence-electron chi connectivity index (χ3n) is 3.74. The zero-order valence-electron chi connectivity index (χ0n) is 15.2. The van der Waals surface area contributed by atoms with E-state index < -0.39 is 27.3 Å². The van der Waals surface area contributed by atoms with Crippen molar-refractivity contribution in [1.82, 2.24) is 0 Å². The minimum absolute atomic E-state index is 0.00646. The van der Waals surface area contributed by atoms with Gasteiger partial charge in [-0.1, -0.05) is 12.1 Å². The zero-order chi connectivity index (χ0) is 20.2. The first kappa shape index (κ1) is 20.4. The highest BCUT2D eigenvalue weighted by Crippen LogP contribution is 2.26. The number of rotatable bonds is 7. The number of sulfone groups is 1. The van der Waals surface area contributed by atoms with Crippen LogP contribution in [0, 0.1) is 10.1 Å². The van der Waals surface area contributed by atoms with Crippen molar-refractivity contribution in [3.63, 3.8) is 0 Å². The van der Waals surface area contributed by atoms with Gasteiger partial charge in [0.05, 0.1) is 9.82 Å². The lowest BCUT2D eigenvalue weighted by Gasteiger charge is -2.27. The van der Waals surface area contributed by atoms with Crippen LogP contribution in [0.5, 0.6) is 5.75 Å². The Bertz CT molecular complexity index is 939. The number of ether oxygens (including phenoxy) is 1. The summed E-state index contributed by atoms with van der Waals surface area (Å²) >= 11 is 0. The first-order chi connectivity index (χ1) is 12.6. The Hall–Kier alpha value is -2.94. The van der Waals surface area contributed by atoms with Crippen LogP contribution in [-0.2, 0) is 14.6 Å². The number of nitrogens with zero attached hydrogens (tertiary/aromatic N) is 2. The van der Waals surface area contributed by atoms with Crippen LogP contribution >= 0.6 is 0 Å². The number of hydrogen-bond donors (Lipinski definition) is 0. The predicted molar refractivity (Wildman–Crippen MR) is 101 cm³/mol. The monoisotopic (exact) mass is 392 g/mol. The van der Waals surface area contributed by atoms with E-state index in [0.717, 1.165) is 6.26 Å². The number of carbonyl (C=O) groups excluding carboxylic acids is 1. The molecule has 0 unspecified atom stereocenters. The predicted octanol–water partition coefficient (Wildman–Crippen LogP) is 2.82. The van der Waals surface area contributed by atoms with Crippen LogP contribution in [-0.4, -0.2) is 38.2 Å². The number of carbonyl (C=O) groups is 1. The van der Waals surface area contributed by atoms with E-state index >= 15 is 0 Å². The normalized spacial score (nSPS) is 11.3. The second kappa shape index (κ2) is 8.17. The fraction of sp³-hybridized carbons (Fsp3) is 0.278. The minimum atomic E-state index is -3.34. The molecule has 0 aliphatic rings. The summed E-state index contributed by atoms with van der Waals surface area (Å²) in [5.74, 6) is -0.401. The van der Waals surface area contributed by atoms with Crippen molar-refractivity contribution in [2.45, 2.75) is 24.8 Å². The Morgan fingerprint density at radius 2 is 1.74 bits per heavy atom. The summed E-state index contributed by atoms with van der Waals surface area (Å²) in [7, 11) is -3.34. The quantitative estimate of drug-likeness (QED) is 0.530. The molecule has 0 atom stereocenters. The molecule has 2 rings (SSSR count). The van der Waals surface area contributed by atoms with Gasteiger partial charge in [-0.2, -0.15) is 0 Å². The smallest absolute Gasteiger partial charge is 0.310 e. The van der Waals surface area contributed by atoms with Gasteiger partial charge >= 0.3 is 5.69 Å². The molecule has 1 amide bonds. The average Bonchev–Trinajstić information content (AvgIpc) is 2.59. The molecule has 27 heavy (non-hydrogen) atoms. The molecule has 0 radical (unpaired) electrons. The Morgan fingerprint density at radius 3 is 2.26 bits per heavy atom. The maximum Gasteiger partial charge on any atom is 0.310 e. The minimum Gasteiger partial charge on any atom is -0.477 e. The molecule has 144 valence electrons. The van der Waals surface area contributed by atoms with E-state index in [1.165, 1.54) is 35.2 Å². The molecule has 0 saturated heterocycles. The molecule has 0 saturated carbocycles. The van der Waals surface area contributed by atoms with Crippen LogP contribution in [0.2, 0.25) is 0 Å². The Balaban J connectivity index is 2.20. The lowest BCUT2D eigenvalue weighted by molar-refractivity contribution is -0.385. The van der Waals surface area contributed by atoms with Gasteiger partial charge in [-0.05, 0) is 44.2 Å². The number of benzene rings is 2. The highest BCUT2D eigenvalue weighted by atomic mass is 32.2. The molecule has 2 aromatic carbocycles. The number of amides is 1. The van der Waals surface area contributed by atoms with Crippen molar-refractivity contribution in [3.05, 3.63) is 58.6 Å². The third kappa shape index (κ3) is 5.04. The van der Waals surface area contributed by atoms with Crippen molar-refractivity contribution in [2.24, 2.45) is 0 Å². The highest BCUT2D eigenvalue weighted by Gasteiger charge is 2.22. The second-order valence-electron chi connectivity index (χ2n) is 6.14. The summed E-state index contributed by atoms with van der Waals surface area (Å²) in [5, 5.41) is 11.0. The first-order valence-corrected chi connectivity index (χ1v) is 9.99. The average molecular weight is 392 g/mol. The van der Waals surface area contributed by atoms with Gasteiger partial charge in [-0.25, -0.2) is 8.42 Å². The van der Waals surface area contributed by atoms with Crippen LogP contribution in [0.15, 0.2) is 53.4 Å². The van der Waals surface area contributed by atoms with Crippen molar-refractivity contribution >= 4 is 27.1 Å². The second-order valence-corrected chi connectivity index (χ2v) is 8.15. The number of nitro groups is 1. The van der Waals surface area contributed by atoms with Gasteiger partial charge in [0.15, 0.2) is 22.2 Å². The fourth-order valence-corrected chi connectivity index (χ4v) is 3.15. The van der Waals surface area contributed by atoms with Gasteiger partial charge in [0.2, 0.25) is 0 Å². The van der Waals surface area contributed by atoms with Gasteiger partial charge in [0, 0.05) is 24.1 Å². The van der Waals surface area contributed by atoms with Crippen LogP contribution < -0.4 is 9.64 Å². The maximum absolute atomic E-state index is 12.6.